The van der Waals surface area contributed by atoms with E-state index in [1.54, 1.807) is 11.1 Å². The monoisotopic (exact) mass is 171 g/mol. The number of hydrogen-bond acceptors (Lipinski definition) is 2. The van der Waals surface area contributed by atoms with E-state index in [1.807, 2.05) is 6.92 Å². The van der Waals surface area contributed by atoms with Gasteiger partial charge in [0.25, 0.3) is 0 Å². The summed E-state index contributed by atoms with van der Waals surface area (Å²) in [5.41, 5.74) is 0. The van der Waals surface area contributed by atoms with Crippen molar-refractivity contribution >= 4 is 5.91 Å². The number of carbonyl (C=O) groups is 1. The second-order valence-corrected chi connectivity index (χ2v) is 2.60. The zero-order valence-electron chi connectivity index (χ0n) is 7.62. The van der Waals surface area contributed by atoms with Crippen LogP contribution >= 0.6 is 0 Å². The standard InChI is InChI=1S/C6H9NO.C3H8O/c1-2-7-5-3-4-6(7)8;1-2-3-4/h2H,1,3-5H2;4H,2-3H2,1H3. The van der Waals surface area contributed by atoms with E-state index in [1.165, 1.54) is 0 Å². The maximum atomic E-state index is 10.7. The van der Waals surface area contributed by atoms with E-state index in [2.05, 4.69) is 6.58 Å². The predicted molar refractivity (Wildman–Crippen MR) is 48.5 cm³/mol. The molecule has 1 saturated heterocycles. The molecule has 70 valence electrons. The number of hydrogen-bond donors (Lipinski definition) is 1. The molecule has 1 amide bonds. The Labute approximate surface area is 73.7 Å². The van der Waals surface area contributed by atoms with Gasteiger partial charge in [0, 0.05) is 19.6 Å². The van der Waals surface area contributed by atoms with Gasteiger partial charge in [-0.2, -0.15) is 0 Å². The molecule has 0 aliphatic carbocycles. The highest BCUT2D eigenvalue weighted by atomic mass is 16.2. The van der Waals surface area contributed by atoms with Crippen molar-refractivity contribution in [2.75, 3.05) is 13.2 Å². The average molecular weight is 171 g/mol. The van der Waals surface area contributed by atoms with Gasteiger partial charge in [0.15, 0.2) is 0 Å². The van der Waals surface area contributed by atoms with Crippen LogP contribution < -0.4 is 0 Å². The Bertz CT molecular complexity index is 143. The number of rotatable bonds is 2. The Hall–Kier alpha value is -0.830. The molecule has 3 nitrogen and oxygen atoms in total. The molecule has 0 aromatic rings. The normalized spacial score (nSPS) is 15.5. The van der Waals surface area contributed by atoms with Gasteiger partial charge in [0.1, 0.15) is 0 Å². The lowest BCUT2D eigenvalue weighted by Gasteiger charge is -2.05. The van der Waals surface area contributed by atoms with Crippen molar-refractivity contribution < 1.29 is 9.90 Å². The molecular formula is C9H17NO2. The Morgan fingerprint density at radius 2 is 2.33 bits per heavy atom. The summed E-state index contributed by atoms with van der Waals surface area (Å²) in [5, 5.41) is 7.88. The highest BCUT2D eigenvalue weighted by Gasteiger charge is 2.15. The van der Waals surface area contributed by atoms with Crippen LogP contribution in [0.1, 0.15) is 26.2 Å². The molecule has 0 bridgehead atoms. The molecule has 1 N–H and O–H groups in total. The van der Waals surface area contributed by atoms with Crippen molar-refractivity contribution in [3.63, 3.8) is 0 Å². The minimum absolute atomic E-state index is 0.208. The molecule has 0 unspecified atom stereocenters. The second-order valence-electron chi connectivity index (χ2n) is 2.60. The van der Waals surface area contributed by atoms with Crippen molar-refractivity contribution in [1.29, 1.82) is 0 Å². The van der Waals surface area contributed by atoms with Gasteiger partial charge in [-0.15, -0.1) is 0 Å². The lowest BCUT2D eigenvalue weighted by molar-refractivity contribution is -0.125. The summed E-state index contributed by atoms with van der Waals surface area (Å²) in [7, 11) is 0. The minimum Gasteiger partial charge on any atom is -0.396 e. The molecule has 0 saturated carbocycles. The first-order valence-corrected chi connectivity index (χ1v) is 4.29. The molecule has 0 atom stereocenters. The molecule has 0 aromatic carbocycles. The third-order valence-corrected chi connectivity index (χ3v) is 1.55. The van der Waals surface area contributed by atoms with Gasteiger partial charge >= 0.3 is 0 Å². The summed E-state index contributed by atoms with van der Waals surface area (Å²) in [6, 6.07) is 0. The smallest absolute Gasteiger partial charge is 0.226 e. The van der Waals surface area contributed by atoms with Crippen LogP contribution in [0.4, 0.5) is 0 Å². The van der Waals surface area contributed by atoms with Crippen molar-refractivity contribution in [2.24, 2.45) is 0 Å². The molecule has 0 spiro atoms. The van der Waals surface area contributed by atoms with Crippen molar-refractivity contribution in [3.05, 3.63) is 12.8 Å². The van der Waals surface area contributed by atoms with E-state index < -0.39 is 0 Å². The molecule has 0 aromatic heterocycles. The van der Waals surface area contributed by atoms with Gasteiger partial charge in [-0.25, -0.2) is 0 Å². The third-order valence-electron chi connectivity index (χ3n) is 1.55. The van der Waals surface area contributed by atoms with Gasteiger partial charge in [-0.05, 0) is 19.0 Å². The van der Waals surface area contributed by atoms with Gasteiger partial charge in [-0.1, -0.05) is 13.5 Å². The fraction of sp³-hybridized carbons (Fsp3) is 0.667. The average Bonchev–Trinajstić information content (AvgIpc) is 2.51. The van der Waals surface area contributed by atoms with Crippen LogP contribution in [-0.4, -0.2) is 29.1 Å². The van der Waals surface area contributed by atoms with E-state index in [0.29, 0.717) is 13.0 Å². The van der Waals surface area contributed by atoms with Crippen LogP contribution in [0.25, 0.3) is 0 Å². The Balaban J connectivity index is 0.000000261. The first-order chi connectivity index (χ1) is 5.76. The number of carbonyl (C=O) groups excluding carboxylic acids is 1. The molecular weight excluding hydrogens is 154 g/mol. The van der Waals surface area contributed by atoms with E-state index in [-0.39, 0.29) is 5.91 Å². The molecule has 1 aliphatic rings. The fourth-order valence-electron chi connectivity index (χ4n) is 0.862. The van der Waals surface area contributed by atoms with Crippen molar-refractivity contribution in [1.82, 2.24) is 4.90 Å². The number of likely N-dealkylation sites (tertiary alicyclic amines) is 1. The van der Waals surface area contributed by atoms with Gasteiger partial charge in [-0.3, -0.25) is 4.79 Å². The quantitative estimate of drug-likeness (QED) is 0.677. The topological polar surface area (TPSA) is 40.5 Å². The van der Waals surface area contributed by atoms with Gasteiger partial charge in [0.2, 0.25) is 5.91 Å². The van der Waals surface area contributed by atoms with Crippen molar-refractivity contribution in [2.45, 2.75) is 26.2 Å². The van der Waals surface area contributed by atoms with E-state index in [4.69, 9.17) is 5.11 Å². The van der Waals surface area contributed by atoms with Crippen LogP contribution in [0.3, 0.4) is 0 Å². The Morgan fingerprint density at radius 1 is 1.75 bits per heavy atom. The fourth-order valence-corrected chi connectivity index (χ4v) is 0.862. The molecule has 3 heteroatoms. The molecule has 12 heavy (non-hydrogen) atoms. The zero-order chi connectivity index (χ0) is 9.40. The first kappa shape index (κ1) is 11.2. The SMILES string of the molecule is C=CN1CCCC1=O.CCCO. The zero-order valence-corrected chi connectivity index (χ0v) is 7.62. The van der Waals surface area contributed by atoms with Crippen LogP contribution in [0.15, 0.2) is 12.8 Å². The van der Waals surface area contributed by atoms with Gasteiger partial charge in [0.05, 0.1) is 0 Å². The van der Waals surface area contributed by atoms with Crippen LogP contribution in [0.2, 0.25) is 0 Å². The third kappa shape index (κ3) is 4.13. The summed E-state index contributed by atoms with van der Waals surface area (Å²) < 4.78 is 0. The van der Waals surface area contributed by atoms with Gasteiger partial charge < -0.3 is 10.0 Å². The highest BCUT2D eigenvalue weighted by Crippen LogP contribution is 2.08. The molecule has 1 heterocycles. The lowest BCUT2D eigenvalue weighted by Crippen LogP contribution is -2.16. The highest BCUT2D eigenvalue weighted by molar-refractivity contribution is 5.78. The summed E-state index contributed by atoms with van der Waals surface area (Å²) in [4.78, 5) is 12.3. The predicted octanol–water partition coefficient (Wildman–Crippen LogP) is 1.14. The molecule has 0 radical (unpaired) electrons. The van der Waals surface area contributed by atoms with Crippen LogP contribution in [-0.2, 0) is 4.79 Å². The van der Waals surface area contributed by atoms with E-state index in [9.17, 15) is 4.79 Å². The number of aliphatic hydroxyl groups excluding tert-OH is 1. The van der Waals surface area contributed by atoms with E-state index in [0.717, 1.165) is 19.4 Å². The first-order valence-electron chi connectivity index (χ1n) is 4.29. The number of aliphatic hydroxyl groups is 1. The minimum atomic E-state index is 0.208. The maximum Gasteiger partial charge on any atom is 0.226 e. The maximum absolute atomic E-state index is 10.7. The van der Waals surface area contributed by atoms with Crippen LogP contribution in [0, 0.1) is 0 Å². The van der Waals surface area contributed by atoms with E-state index >= 15 is 0 Å². The number of nitrogens with zero attached hydrogens (tertiary/aromatic N) is 1. The van der Waals surface area contributed by atoms with Crippen LogP contribution in [0.5, 0.6) is 0 Å². The molecule has 1 rings (SSSR count). The Morgan fingerprint density at radius 3 is 2.50 bits per heavy atom. The largest absolute Gasteiger partial charge is 0.396 e. The molecule has 1 fully saturated rings. The Kier molecular flexibility index (Phi) is 6.38. The second kappa shape index (κ2) is 6.85. The lowest BCUT2D eigenvalue weighted by atomic mass is 10.4. The number of amides is 1. The molecule has 1 aliphatic heterocycles. The van der Waals surface area contributed by atoms with Crippen molar-refractivity contribution in [3.8, 4) is 0 Å². The summed E-state index contributed by atoms with van der Waals surface area (Å²) in [6.45, 7) is 6.61. The summed E-state index contributed by atoms with van der Waals surface area (Å²) >= 11 is 0. The summed E-state index contributed by atoms with van der Waals surface area (Å²) in [6.07, 6.45) is 4.16. The summed E-state index contributed by atoms with van der Waals surface area (Å²) in [5.74, 6) is 0.208.